The van der Waals surface area contributed by atoms with Gasteiger partial charge in [-0.3, -0.25) is 0 Å². The number of nitrogens with zero attached hydrogens (tertiary/aromatic N) is 2. The summed E-state index contributed by atoms with van der Waals surface area (Å²) >= 11 is 1.87. The maximum absolute atomic E-state index is 6.27. The van der Waals surface area contributed by atoms with Crippen molar-refractivity contribution in [1.29, 1.82) is 0 Å². The van der Waals surface area contributed by atoms with Gasteiger partial charge in [-0.05, 0) is 26.2 Å². The van der Waals surface area contributed by atoms with Crippen LogP contribution >= 0.6 is 11.8 Å². The Morgan fingerprint density at radius 3 is 3.00 bits per heavy atom. The molecule has 3 atom stereocenters. The number of aromatic nitrogens is 2. The van der Waals surface area contributed by atoms with Crippen molar-refractivity contribution in [1.82, 2.24) is 10.1 Å². The summed E-state index contributed by atoms with van der Waals surface area (Å²) in [4.78, 5) is 4.58. The van der Waals surface area contributed by atoms with E-state index in [9.17, 15) is 0 Å². The van der Waals surface area contributed by atoms with Crippen molar-refractivity contribution < 1.29 is 4.52 Å². The number of thioether (sulfide) groups is 1. The number of hydrogen-bond donors (Lipinski definition) is 1. The van der Waals surface area contributed by atoms with Crippen LogP contribution in [0, 0.1) is 0 Å². The lowest BCUT2D eigenvalue weighted by atomic mass is 9.72. The molecule has 0 amide bonds. The first-order chi connectivity index (χ1) is 9.06. The molecule has 0 saturated heterocycles. The number of nitrogens with two attached hydrogens (primary N) is 1. The molecular weight excluding hydrogens is 258 g/mol. The summed E-state index contributed by atoms with van der Waals surface area (Å²) in [5.74, 6) is 2.36. The Bertz CT molecular complexity index is 409. The van der Waals surface area contributed by atoms with Crippen molar-refractivity contribution in [3.63, 3.8) is 0 Å². The maximum Gasteiger partial charge on any atom is 0.234 e. The highest BCUT2D eigenvalue weighted by molar-refractivity contribution is 7.99. The summed E-state index contributed by atoms with van der Waals surface area (Å²) in [7, 11) is 0. The fourth-order valence-electron chi connectivity index (χ4n) is 2.51. The smallest absolute Gasteiger partial charge is 0.234 e. The van der Waals surface area contributed by atoms with Gasteiger partial charge in [-0.15, -0.1) is 0 Å². The van der Waals surface area contributed by atoms with Crippen LogP contribution in [-0.4, -0.2) is 21.4 Å². The fourth-order valence-corrected chi connectivity index (χ4v) is 3.29. The van der Waals surface area contributed by atoms with Gasteiger partial charge < -0.3 is 10.3 Å². The first-order valence-electron chi connectivity index (χ1n) is 7.26. The Balaban J connectivity index is 2.03. The average Bonchev–Trinajstić information content (AvgIpc) is 2.89. The first-order valence-corrected chi connectivity index (χ1v) is 8.31. The SMILES string of the molecule is CCC(C)SCc1noc(C2(C)CCCCC2N)n1. The van der Waals surface area contributed by atoms with Crippen molar-refractivity contribution in [2.75, 3.05) is 0 Å². The number of rotatable bonds is 5. The lowest BCUT2D eigenvalue weighted by Gasteiger charge is -2.35. The minimum absolute atomic E-state index is 0.134. The van der Waals surface area contributed by atoms with Gasteiger partial charge in [0.25, 0.3) is 0 Å². The van der Waals surface area contributed by atoms with Crippen LogP contribution in [0.4, 0.5) is 0 Å². The summed E-state index contributed by atoms with van der Waals surface area (Å²) in [6.45, 7) is 6.58. The third-order valence-corrected chi connectivity index (χ3v) is 5.64. The molecule has 1 heterocycles. The monoisotopic (exact) mass is 283 g/mol. The molecule has 2 rings (SSSR count). The number of hydrogen-bond acceptors (Lipinski definition) is 5. The molecule has 0 aromatic carbocycles. The van der Waals surface area contributed by atoms with E-state index in [-0.39, 0.29) is 11.5 Å². The van der Waals surface area contributed by atoms with Crippen LogP contribution in [0.5, 0.6) is 0 Å². The van der Waals surface area contributed by atoms with Gasteiger partial charge in [-0.25, -0.2) is 0 Å². The fraction of sp³-hybridized carbons (Fsp3) is 0.857. The Hall–Kier alpha value is -0.550. The standard InChI is InChI=1S/C14H25N3OS/c1-4-10(2)19-9-12-16-13(18-17-12)14(3)8-6-5-7-11(14)15/h10-11H,4-9,15H2,1-3H3. The summed E-state index contributed by atoms with van der Waals surface area (Å²) in [5, 5.41) is 4.75. The zero-order valence-corrected chi connectivity index (χ0v) is 13.0. The molecule has 4 nitrogen and oxygen atoms in total. The highest BCUT2D eigenvalue weighted by Gasteiger charge is 2.40. The average molecular weight is 283 g/mol. The van der Waals surface area contributed by atoms with E-state index in [1.54, 1.807) is 0 Å². The van der Waals surface area contributed by atoms with Gasteiger partial charge in [0.1, 0.15) is 0 Å². The first kappa shape index (κ1) is 14.9. The Kier molecular flexibility index (Phi) is 4.90. The van der Waals surface area contributed by atoms with E-state index in [0.29, 0.717) is 5.25 Å². The minimum Gasteiger partial charge on any atom is -0.339 e. The maximum atomic E-state index is 6.27. The second kappa shape index (κ2) is 6.27. The lowest BCUT2D eigenvalue weighted by molar-refractivity contribution is 0.203. The van der Waals surface area contributed by atoms with Gasteiger partial charge in [-0.2, -0.15) is 16.7 Å². The van der Waals surface area contributed by atoms with E-state index in [1.165, 1.54) is 12.8 Å². The molecule has 19 heavy (non-hydrogen) atoms. The molecule has 3 unspecified atom stereocenters. The van der Waals surface area contributed by atoms with Crippen molar-refractivity contribution >= 4 is 11.8 Å². The Labute approximate surface area is 119 Å². The van der Waals surface area contributed by atoms with E-state index >= 15 is 0 Å². The summed E-state index contributed by atoms with van der Waals surface area (Å²) in [5.41, 5.74) is 6.13. The van der Waals surface area contributed by atoms with Gasteiger partial charge in [0, 0.05) is 11.3 Å². The zero-order valence-electron chi connectivity index (χ0n) is 12.2. The second-order valence-electron chi connectivity index (χ2n) is 5.82. The molecule has 0 spiro atoms. The molecule has 0 aliphatic heterocycles. The van der Waals surface area contributed by atoms with Crippen LogP contribution in [0.3, 0.4) is 0 Å². The lowest BCUT2D eigenvalue weighted by Crippen LogP contribution is -2.45. The molecule has 1 aliphatic rings. The summed E-state index contributed by atoms with van der Waals surface area (Å²) in [6, 6.07) is 0.136. The second-order valence-corrected chi connectivity index (χ2v) is 7.24. The van der Waals surface area contributed by atoms with Crippen molar-refractivity contribution in [3.8, 4) is 0 Å². The van der Waals surface area contributed by atoms with Crippen LogP contribution in [0.2, 0.25) is 0 Å². The summed E-state index contributed by atoms with van der Waals surface area (Å²) in [6.07, 6.45) is 5.67. The van der Waals surface area contributed by atoms with E-state index in [4.69, 9.17) is 10.3 Å². The van der Waals surface area contributed by atoms with Crippen LogP contribution in [-0.2, 0) is 11.2 Å². The molecule has 1 saturated carbocycles. The largest absolute Gasteiger partial charge is 0.339 e. The Morgan fingerprint density at radius 1 is 1.53 bits per heavy atom. The molecule has 0 bridgehead atoms. The van der Waals surface area contributed by atoms with E-state index in [0.717, 1.165) is 36.7 Å². The minimum atomic E-state index is -0.134. The third-order valence-electron chi connectivity index (χ3n) is 4.31. The molecule has 1 fully saturated rings. The van der Waals surface area contributed by atoms with Crippen LogP contribution in [0.15, 0.2) is 4.52 Å². The molecule has 1 aliphatic carbocycles. The molecule has 108 valence electrons. The predicted octanol–water partition coefficient (Wildman–Crippen LogP) is 3.26. The molecule has 1 aromatic rings. The Morgan fingerprint density at radius 2 is 2.32 bits per heavy atom. The highest BCUT2D eigenvalue weighted by Crippen LogP contribution is 2.37. The van der Waals surface area contributed by atoms with Gasteiger partial charge >= 0.3 is 0 Å². The van der Waals surface area contributed by atoms with Crippen molar-refractivity contribution in [2.45, 2.75) is 75.3 Å². The quantitative estimate of drug-likeness (QED) is 0.898. The third kappa shape index (κ3) is 3.31. The van der Waals surface area contributed by atoms with Crippen molar-refractivity contribution in [3.05, 3.63) is 11.7 Å². The van der Waals surface area contributed by atoms with E-state index in [2.05, 4.69) is 30.9 Å². The van der Waals surface area contributed by atoms with Gasteiger partial charge in [0.05, 0.1) is 11.2 Å². The van der Waals surface area contributed by atoms with Gasteiger partial charge in [-0.1, -0.05) is 31.8 Å². The van der Waals surface area contributed by atoms with Gasteiger partial charge in [0.2, 0.25) is 5.89 Å². The molecule has 2 N–H and O–H groups in total. The topological polar surface area (TPSA) is 64.9 Å². The molecule has 5 heteroatoms. The molecule has 0 radical (unpaired) electrons. The van der Waals surface area contributed by atoms with E-state index < -0.39 is 0 Å². The molecule has 1 aromatic heterocycles. The van der Waals surface area contributed by atoms with Crippen molar-refractivity contribution in [2.24, 2.45) is 5.73 Å². The van der Waals surface area contributed by atoms with Crippen LogP contribution < -0.4 is 5.73 Å². The highest BCUT2D eigenvalue weighted by atomic mass is 32.2. The van der Waals surface area contributed by atoms with Crippen LogP contribution in [0.1, 0.15) is 64.6 Å². The van der Waals surface area contributed by atoms with Crippen LogP contribution in [0.25, 0.3) is 0 Å². The van der Waals surface area contributed by atoms with Gasteiger partial charge in [0.15, 0.2) is 5.82 Å². The normalized spacial score (nSPS) is 29.4. The molecular formula is C14H25N3OS. The summed E-state index contributed by atoms with van der Waals surface area (Å²) < 4.78 is 5.49. The zero-order chi connectivity index (χ0) is 13.9. The van der Waals surface area contributed by atoms with E-state index in [1.807, 2.05) is 11.8 Å². The predicted molar refractivity (Wildman–Crippen MR) is 79.1 cm³/mol.